The Morgan fingerprint density at radius 1 is 1.22 bits per heavy atom. The fourth-order valence-electron chi connectivity index (χ4n) is 2.38. The molecule has 0 bridgehead atoms. The number of aromatic nitrogens is 1. The van der Waals surface area contributed by atoms with Crippen molar-refractivity contribution in [2.75, 3.05) is 0 Å². The van der Waals surface area contributed by atoms with Gasteiger partial charge in [0.15, 0.2) is 5.76 Å². The molecule has 2 aromatic heterocycles. The molecule has 23 heavy (non-hydrogen) atoms. The highest BCUT2D eigenvalue weighted by molar-refractivity contribution is 5.99. The van der Waals surface area contributed by atoms with Crippen molar-refractivity contribution in [2.45, 2.75) is 13.5 Å². The minimum atomic E-state index is -0.642. The van der Waals surface area contributed by atoms with E-state index in [0.717, 1.165) is 16.5 Å². The number of pyridine rings is 1. The number of fused-ring (bicyclic) bond motifs is 1. The number of furan rings is 1. The van der Waals surface area contributed by atoms with Gasteiger partial charge in [-0.1, -0.05) is 18.2 Å². The van der Waals surface area contributed by atoms with E-state index in [-0.39, 0.29) is 18.2 Å². The smallest absolute Gasteiger partial charge is 0.284 e. The van der Waals surface area contributed by atoms with Gasteiger partial charge in [-0.2, -0.15) is 0 Å². The summed E-state index contributed by atoms with van der Waals surface area (Å²) in [6, 6.07) is 10.7. The Morgan fingerprint density at radius 3 is 2.74 bits per heavy atom. The topological polar surface area (TPSA) is 98.2 Å². The second-order valence-electron chi connectivity index (χ2n) is 5.13. The number of benzene rings is 1. The van der Waals surface area contributed by atoms with Crippen LogP contribution < -0.4 is 11.1 Å². The van der Waals surface area contributed by atoms with Crippen LogP contribution >= 0.6 is 0 Å². The van der Waals surface area contributed by atoms with Crippen molar-refractivity contribution in [1.82, 2.24) is 10.3 Å². The summed E-state index contributed by atoms with van der Waals surface area (Å²) >= 11 is 0. The lowest BCUT2D eigenvalue weighted by Crippen LogP contribution is -2.23. The first-order chi connectivity index (χ1) is 11.1. The second kappa shape index (κ2) is 5.92. The third kappa shape index (κ3) is 2.91. The number of hydrogen-bond acceptors (Lipinski definition) is 4. The van der Waals surface area contributed by atoms with E-state index in [1.54, 1.807) is 12.3 Å². The summed E-state index contributed by atoms with van der Waals surface area (Å²) in [6.07, 6.45) is 1.56. The maximum atomic E-state index is 12.3. The Bertz CT molecular complexity index is 899. The minimum absolute atomic E-state index is 0.0674. The lowest BCUT2D eigenvalue weighted by molar-refractivity contribution is 0.0947. The SMILES string of the molecule is Cc1c(C(=O)NCc2ccc(C(N)=O)o2)cnc2ccccc12. The van der Waals surface area contributed by atoms with Gasteiger partial charge in [0.05, 0.1) is 17.6 Å². The van der Waals surface area contributed by atoms with Crippen LogP contribution in [0.25, 0.3) is 10.9 Å². The zero-order chi connectivity index (χ0) is 16.4. The number of nitrogens with one attached hydrogen (secondary N) is 1. The fraction of sp³-hybridized carbons (Fsp3) is 0.118. The van der Waals surface area contributed by atoms with Crippen LogP contribution in [-0.4, -0.2) is 16.8 Å². The van der Waals surface area contributed by atoms with Gasteiger partial charge in [-0.3, -0.25) is 14.6 Å². The zero-order valence-electron chi connectivity index (χ0n) is 12.5. The van der Waals surface area contributed by atoms with Crippen molar-refractivity contribution in [3.8, 4) is 0 Å². The van der Waals surface area contributed by atoms with Crippen LogP contribution in [0.1, 0.15) is 32.2 Å². The first-order valence-corrected chi connectivity index (χ1v) is 7.07. The summed E-state index contributed by atoms with van der Waals surface area (Å²) in [5.74, 6) is -0.369. The van der Waals surface area contributed by atoms with Gasteiger partial charge < -0.3 is 15.5 Å². The maximum absolute atomic E-state index is 12.3. The predicted molar refractivity (Wildman–Crippen MR) is 84.9 cm³/mol. The maximum Gasteiger partial charge on any atom is 0.284 e. The van der Waals surface area contributed by atoms with Crippen LogP contribution in [0.15, 0.2) is 47.0 Å². The van der Waals surface area contributed by atoms with Crippen LogP contribution in [0.4, 0.5) is 0 Å². The van der Waals surface area contributed by atoms with Gasteiger partial charge in [-0.05, 0) is 30.7 Å². The number of rotatable bonds is 4. The summed E-state index contributed by atoms with van der Waals surface area (Å²) in [6.45, 7) is 2.05. The first-order valence-electron chi connectivity index (χ1n) is 7.07. The quantitative estimate of drug-likeness (QED) is 0.771. The Kier molecular flexibility index (Phi) is 3.80. The molecular formula is C17H15N3O3. The molecule has 6 heteroatoms. The Labute approximate surface area is 132 Å². The molecule has 0 aliphatic heterocycles. The van der Waals surface area contributed by atoms with E-state index < -0.39 is 5.91 Å². The Balaban J connectivity index is 1.77. The van der Waals surface area contributed by atoms with Crippen LogP contribution in [0.5, 0.6) is 0 Å². The van der Waals surface area contributed by atoms with Crippen molar-refractivity contribution in [2.24, 2.45) is 5.73 Å². The van der Waals surface area contributed by atoms with Crippen molar-refractivity contribution in [3.05, 3.63) is 65.2 Å². The van der Waals surface area contributed by atoms with Gasteiger partial charge in [0.25, 0.3) is 11.8 Å². The van der Waals surface area contributed by atoms with Gasteiger partial charge in [0.1, 0.15) is 5.76 Å². The number of primary amides is 1. The van der Waals surface area contributed by atoms with Crippen LogP contribution in [-0.2, 0) is 6.54 Å². The van der Waals surface area contributed by atoms with Crippen molar-refractivity contribution < 1.29 is 14.0 Å². The molecule has 3 rings (SSSR count). The van der Waals surface area contributed by atoms with Gasteiger partial charge >= 0.3 is 0 Å². The summed E-state index contributed by atoms with van der Waals surface area (Å²) in [4.78, 5) is 27.6. The molecule has 6 nitrogen and oxygen atoms in total. The van der Waals surface area contributed by atoms with Gasteiger partial charge in [0, 0.05) is 11.6 Å². The van der Waals surface area contributed by atoms with Crippen LogP contribution in [0.2, 0.25) is 0 Å². The summed E-state index contributed by atoms with van der Waals surface area (Å²) in [5.41, 5.74) is 7.34. The van der Waals surface area contributed by atoms with Gasteiger partial charge in [0.2, 0.25) is 0 Å². The third-order valence-electron chi connectivity index (χ3n) is 3.62. The number of hydrogen-bond donors (Lipinski definition) is 2. The number of amides is 2. The highest BCUT2D eigenvalue weighted by atomic mass is 16.4. The molecule has 2 heterocycles. The molecule has 0 aliphatic carbocycles. The molecule has 0 saturated carbocycles. The van der Waals surface area contributed by atoms with Crippen LogP contribution in [0.3, 0.4) is 0 Å². The molecule has 0 aliphatic rings. The van der Waals surface area contributed by atoms with Crippen LogP contribution in [0, 0.1) is 6.92 Å². The molecule has 3 aromatic rings. The average Bonchev–Trinajstić information content (AvgIpc) is 3.02. The lowest BCUT2D eigenvalue weighted by atomic mass is 10.0. The lowest BCUT2D eigenvalue weighted by Gasteiger charge is -2.08. The summed E-state index contributed by atoms with van der Waals surface area (Å²) in [7, 11) is 0. The summed E-state index contributed by atoms with van der Waals surface area (Å²) in [5, 5.41) is 3.69. The molecule has 0 spiro atoms. The first kappa shape index (κ1) is 14.8. The highest BCUT2D eigenvalue weighted by Crippen LogP contribution is 2.19. The zero-order valence-corrected chi connectivity index (χ0v) is 12.5. The van der Waals surface area contributed by atoms with E-state index in [1.165, 1.54) is 6.07 Å². The standard InChI is InChI=1S/C17H15N3O3/c1-10-12-4-2-3-5-14(12)19-9-13(10)17(22)20-8-11-6-7-15(23-11)16(18)21/h2-7,9H,8H2,1H3,(H2,18,21)(H,20,22). The molecule has 0 saturated heterocycles. The van der Waals surface area contributed by atoms with E-state index in [0.29, 0.717) is 11.3 Å². The fourth-order valence-corrected chi connectivity index (χ4v) is 2.38. The molecule has 0 radical (unpaired) electrons. The number of nitrogens with zero attached hydrogens (tertiary/aromatic N) is 1. The van der Waals surface area contributed by atoms with Crippen molar-refractivity contribution in [1.29, 1.82) is 0 Å². The number of carbonyl (C=O) groups excluding carboxylic acids is 2. The third-order valence-corrected chi connectivity index (χ3v) is 3.62. The largest absolute Gasteiger partial charge is 0.454 e. The number of aryl methyl sites for hydroxylation is 1. The number of para-hydroxylation sites is 1. The van der Waals surface area contributed by atoms with E-state index in [4.69, 9.17) is 10.2 Å². The predicted octanol–water partition coefficient (Wildman–Crippen LogP) is 2.17. The molecule has 2 amide bonds. The molecule has 0 unspecified atom stereocenters. The van der Waals surface area contributed by atoms with Crippen molar-refractivity contribution >= 4 is 22.7 Å². The highest BCUT2D eigenvalue weighted by Gasteiger charge is 2.13. The molecular weight excluding hydrogens is 294 g/mol. The molecule has 3 N–H and O–H groups in total. The summed E-state index contributed by atoms with van der Waals surface area (Å²) < 4.78 is 5.23. The average molecular weight is 309 g/mol. The van der Waals surface area contributed by atoms with E-state index in [1.807, 2.05) is 31.2 Å². The molecule has 0 atom stereocenters. The number of nitrogens with two attached hydrogens (primary N) is 1. The normalized spacial score (nSPS) is 10.7. The second-order valence-corrected chi connectivity index (χ2v) is 5.13. The van der Waals surface area contributed by atoms with Gasteiger partial charge in [-0.15, -0.1) is 0 Å². The Hall–Kier alpha value is -3.15. The molecule has 116 valence electrons. The number of carbonyl (C=O) groups is 2. The monoisotopic (exact) mass is 309 g/mol. The Morgan fingerprint density at radius 2 is 2.00 bits per heavy atom. The van der Waals surface area contributed by atoms with E-state index in [9.17, 15) is 9.59 Å². The van der Waals surface area contributed by atoms with Gasteiger partial charge in [-0.25, -0.2) is 0 Å². The molecule has 0 fully saturated rings. The minimum Gasteiger partial charge on any atom is -0.454 e. The molecule has 1 aromatic carbocycles. The van der Waals surface area contributed by atoms with E-state index in [2.05, 4.69) is 10.3 Å². The van der Waals surface area contributed by atoms with E-state index >= 15 is 0 Å². The van der Waals surface area contributed by atoms with Crippen molar-refractivity contribution in [3.63, 3.8) is 0 Å².